The monoisotopic (exact) mass is 279 g/mol. The lowest BCUT2D eigenvalue weighted by Gasteiger charge is -2.29. The van der Waals surface area contributed by atoms with Crippen LogP contribution in [-0.4, -0.2) is 23.9 Å². The van der Waals surface area contributed by atoms with Crippen molar-refractivity contribution in [2.24, 2.45) is 17.8 Å². The molecule has 20 heavy (non-hydrogen) atoms. The van der Waals surface area contributed by atoms with Gasteiger partial charge in [0.2, 0.25) is 5.91 Å². The van der Waals surface area contributed by atoms with Gasteiger partial charge in [-0.15, -0.1) is 0 Å². The third-order valence-electron chi connectivity index (χ3n) is 5.43. The van der Waals surface area contributed by atoms with E-state index in [2.05, 4.69) is 18.7 Å². The highest BCUT2D eigenvalue weighted by atomic mass is 16.2. The Bertz CT molecular complexity index is 292. The number of carbonyl (C=O) groups excluding carboxylic acids is 1. The van der Waals surface area contributed by atoms with Crippen molar-refractivity contribution in [2.75, 3.05) is 13.1 Å². The van der Waals surface area contributed by atoms with Gasteiger partial charge in [-0.25, -0.2) is 0 Å². The van der Waals surface area contributed by atoms with Crippen LogP contribution in [0.3, 0.4) is 0 Å². The van der Waals surface area contributed by atoms with Gasteiger partial charge in [0, 0.05) is 19.0 Å². The van der Waals surface area contributed by atoms with Gasteiger partial charge >= 0.3 is 0 Å². The Labute approximate surface area is 125 Å². The van der Waals surface area contributed by atoms with Crippen molar-refractivity contribution in [2.45, 2.75) is 78.1 Å². The molecule has 0 aromatic carbocycles. The summed E-state index contributed by atoms with van der Waals surface area (Å²) in [5.74, 6) is 2.50. The fraction of sp³-hybridized carbons (Fsp3) is 0.944. The summed E-state index contributed by atoms with van der Waals surface area (Å²) in [6.45, 7) is 6.48. The number of unbranched alkanes of at least 4 members (excludes halogenated alkanes) is 4. The predicted molar refractivity (Wildman–Crippen MR) is 84.6 cm³/mol. The van der Waals surface area contributed by atoms with Crippen LogP contribution in [0, 0.1) is 17.8 Å². The van der Waals surface area contributed by atoms with Crippen LogP contribution in [0.5, 0.6) is 0 Å². The van der Waals surface area contributed by atoms with Crippen LogP contribution in [0.2, 0.25) is 0 Å². The van der Waals surface area contributed by atoms with E-state index in [0.717, 1.165) is 24.9 Å². The summed E-state index contributed by atoms with van der Waals surface area (Å²) in [6, 6.07) is 0. The number of hydrogen-bond donors (Lipinski definition) is 0. The van der Waals surface area contributed by atoms with Crippen LogP contribution in [0.15, 0.2) is 0 Å². The molecule has 0 saturated heterocycles. The normalized spacial score (nSPS) is 28.0. The van der Waals surface area contributed by atoms with Gasteiger partial charge in [-0.2, -0.15) is 0 Å². The van der Waals surface area contributed by atoms with Crippen LogP contribution in [0.25, 0.3) is 0 Å². The van der Waals surface area contributed by atoms with Gasteiger partial charge in [0.1, 0.15) is 0 Å². The van der Waals surface area contributed by atoms with Crippen LogP contribution in [0.4, 0.5) is 0 Å². The van der Waals surface area contributed by atoms with E-state index >= 15 is 0 Å². The van der Waals surface area contributed by atoms with Crippen molar-refractivity contribution < 1.29 is 4.79 Å². The Morgan fingerprint density at radius 1 is 0.950 bits per heavy atom. The van der Waals surface area contributed by atoms with Crippen molar-refractivity contribution >= 4 is 5.91 Å². The smallest absolute Gasteiger partial charge is 0.225 e. The maximum atomic E-state index is 12.8. The first-order chi connectivity index (χ1) is 9.76. The Balaban J connectivity index is 1.85. The summed E-state index contributed by atoms with van der Waals surface area (Å²) in [4.78, 5) is 15.1. The Kier molecular flexibility index (Phi) is 6.38. The highest BCUT2D eigenvalue weighted by Crippen LogP contribution is 2.48. The average Bonchev–Trinajstić information content (AvgIpc) is 3.08. The summed E-state index contributed by atoms with van der Waals surface area (Å²) in [5, 5.41) is 0. The molecule has 2 saturated carbocycles. The first-order valence-electron chi connectivity index (χ1n) is 9.05. The zero-order valence-electron chi connectivity index (χ0n) is 13.6. The number of nitrogens with zero attached hydrogens (tertiary/aromatic N) is 1. The number of hydrogen-bond acceptors (Lipinski definition) is 1. The SMILES string of the molecule is CCCCCN(CCCCC)C(=O)C1CC2CCC1C2. The minimum Gasteiger partial charge on any atom is -0.342 e. The second-order valence-corrected chi connectivity index (χ2v) is 7.02. The van der Waals surface area contributed by atoms with E-state index in [1.54, 1.807) is 0 Å². The molecule has 116 valence electrons. The molecule has 3 atom stereocenters. The van der Waals surface area contributed by atoms with Gasteiger partial charge in [0.15, 0.2) is 0 Å². The number of fused-ring (bicyclic) bond motifs is 2. The zero-order chi connectivity index (χ0) is 14.4. The van der Waals surface area contributed by atoms with Crippen molar-refractivity contribution in [1.82, 2.24) is 4.90 Å². The van der Waals surface area contributed by atoms with Crippen LogP contribution >= 0.6 is 0 Å². The third-order valence-corrected chi connectivity index (χ3v) is 5.43. The van der Waals surface area contributed by atoms with E-state index in [1.165, 1.54) is 64.2 Å². The molecule has 2 aliphatic carbocycles. The van der Waals surface area contributed by atoms with E-state index in [0.29, 0.717) is 11.8 Å². The largest absolute Gasteiger partial charge is 0.342 e. The molecule has 2 fully saturated rings. The molecule has 0 radical (unpaired) electrons. The topological polar surface area (TPSA) is 20.3 Å². The lowest BCUT2D eigenvalue weighted by atomic mass is 9.87. The Morgan fingerprint density at radius 2 is 1.60 bits per heavy atom. The summed E-state index contributed by atoms with van der Waals surface area (Å²) < 4.78 is 0. The van der Waals surface area contributed by atoms with Gasteiger partial charge < -0.3 is 4.90 Å². The zero-order valence-corrected chi connectivity index (χ0v) is 13.6. The molecular weight excluding hydrogens is 246 g/mol. The summed E-state index contributed by atoms with van der Waals surface area (Å²) >= 11 is 0. The quantitative estimate of drug-likeness (QED) is 0.563. The van der Waals surface area contributed by atoms with E-state index in [1.807, 2.05) is 0 Å². The van der Waals surface area contributed by atoms with Crippen LogP contribution < -0.4 is 0 Å². The first kappa shape index (κ1) is 15.9. The second kappa shape index (κ2) is 8.05. The second-order valence-electron chi connectivity index (χ2n) is 7.02. The maximum Gasteiger partial charge on any atom is 0.225 e. The molecule has 0 aliphatic heterocycles. The molecule has 2 aliphatic rings. The van der Waals surface area contributed by atoms with E-state index in [-0.39, 0.29) is 0 Å². The molecule has 0 aromatic heterocycles. The van der Waals surface area contributed by atoms with E-state index in [9.17, 15) is 4.79 Å². The minimum absolute atomic E-state index is 0.386. The van der Waals surface area contributed by atoms with Crippen molar-refractivity contribution in [3.05, 3.63) is 0 Å². The molecule has 2 rings (SSSR count). The third kappa shape index (κ3) is 3.99. The molecule has 2 bridgehead atoms. The fourth-order valence-corrected chi connectivity index (χ4v) is 4.22. The molecule has 2 heteroatoms. The lowest BCUT2D eigenvalue weighted by Crippen LogP contribution is -2.39. The molecule has 0 heterocycles. The highest BCUT2D eigenvalue weighted by Gasteiger charge is 2.44. The van der Waals surface area contributed by atoms with Crippen LogP contribution in [0.1, 0.15) is 78.1 Å². The van der Waals surface area contributed by atoms with Gasteiger partial charge in [-0.05, 0) is 43.9 Å². The predicted octanol–water partition coefficient (Wildman–Crippen LogP) is 4.63. The van der Waals surface area contributed by atoms with Gasteiger partial charge in [-0.1, -0.05) is 46.0 Å². The number of carbonyl (C=O) groups is 1. The van der Waals surface area contributed by atoms with E-state index < -0.39 is 0 Å². The molecule has 0 N–H and O–H groups in total. The molecular formula is C18H33NO. The van der Waals surface area contributed by atoms with E-state index in [4.69, 9.17) is 0 Å². The van der Waals surface area contributed by atoms with Gasteiger partial charge in [0.05, 0.1) is 0 Å². The lowest BCUT2D eigenvalue weighted by molar-refractivity contribution is -0.137. The summed E-state index contributed by atoms with van der Waals surface area (Å²) in [7, 11) is 0. The molecule has 1 amide bonds. The fourth-order valence-electron chi connectivity index (χ4n) is 4.22. The number of rotatable bonds is 9. The van der Waals surface area contributed by atoms with Crippen molar-refractivity contribution in [3.63, 3.8) is 0 Å². The molecule has 3 unspecified atom stereocenters. The van der Waals surface area contributed by atoms with Crippen molar-refractivity contribution in [1.29, 1.82) is 0 Å². The summed E-state index contributed by atoms with van der Waals surface area (Å²) in [5.41, 5.74) is 0. The van der Waals surface area contributed by atoms with Crippen LogP contribution in [-0.2, 0) is 4.79 Å². The Morgan fingerprint density at radius 3 is 2.05 bits per heavy atom. The highest BCUT2D eigenvalue weighted by molar-refractivity contribution is 5.79. The van der Waals surface area contributed by atoms with Crippen molar-refractivity contribution in [3.8, 4) is 0 Å². The Hall–Kier alpha value is -0.530. The molecule has 2 nitrogen and oxygen atoms in total. The molecule has 0 aromatic rings. The number of amides is 1. The maximum absolute atomic E-state index is 12.8. The minimum atomic E-state index is 0.386. The van der Waals surface area contributed by atoms with Gasteiger partial charge in [-0.3, -0.25) is 4.79 Å². The summed E-state index contributed by atoms with van der Waals surface area (Å²) in [6.07, 6.45) is 12.6. The molecule has 0 spiro atoms. The van der Waals surface area contributed by atoms with Gasteiger partial charge in [0.25, 0.3) is 0 Å². The average molecular weight is 279 g/mol. The standard InChI is InChI=1S/C18H33NO/c1-3-5-7-11-19(12-8-6-4-2)18(20)17-14-15-9-10-16(17)13-15/h15-17H,3-14H2,1-2H3. The first-order valence-corrected chi connectivity index (χ1v) is 9.05.